The number of hydrogen-bond acceptors (Lipinski definition) is 4. The van der Waals surface area contributed by atoms with Crippen LogP contribution < -0.4 is 5.32 Å². The summed E-state index contributed by atoms with van der Waals surface area (Å²) in [7, 11) is 0. The van der Waals surface area contributed by atoms with E-state index in [0.29, 0.717) is 30.2 Å². The summed E-state index contributed by atoms with van der Waals surface area (Å²) in [6.07, 6.45) is 4.75. The van der Waals surface area contributed by atoms with E-state index in [2.05, 4.69) is 15.5 Å². The number of carbonyl (C=O) groups excluding carboxylic acids is 1. The Bertz CT molecular complexity index is 633. The Morgan fingerprint density at radius 3 is 2.73 bits per heavy atom. The van der Waals surface area contributed by atoms with Gasteiger partial charge in [0, 0.05) is 24.4 Å². The number of nitrogens with zero attached hydrogens (tertiary/aromatic N) is 2. The third kappa shape index (κ3) is 3.50. The number of amides is 1. The topological polar surface area (TPSA) is 68.0 Å². The summed E-state index contributed by atoms with van der Waals surface area (Å²) in [5, 5.41) is 6.78. The lowest BCUT2D eigenvalue weighted by atomic mass is 10.1. The van der Waals surface area contributed by atoms with Gasteiger partial charge in [-0.15, -0.1) is 0 Å². The third-order valence-corrected chi connectivity index (χ3v) is 3.93. The van der Waals surface area contributed by atoms with Gasteiger partial charge in [0.1, 0.15) is 5.82 Å². The molecule has 1 amide bonds. The summed E-state index contributed by atoms with van der Waals surface area (Å²) in [6.45, 7) is 0.486. The molecule has 0 atom stereocenters. The lowest BCUT2D eigenvalue weighted by molar-refractivity contribution is -0.124. The standard InChI is InChI=1S/C16H18FN3O2/c17-13-7-5-11(6-8-13)15-19-14(22-20-15)9-10-18-16(21)12-3-1-2-4-12/h5-8,12H,1-4,9-10H2,(H,18,21). The van der Waals surface area contributed by atoms with Gasteiger partial charge in [0.15, 0.2) is 0 Å². The molecule has 1 heterocycles. The second-order valence-corrected chi connectivity index (χ2v) is 5.54. The van der Waals surface area contributed by atoms with Crippen LogP contribution in [0.1, 0.15) is 31.6 Å². The molecule has 0 bridgehead atoms. The van der Waals surface area contributed by atoms with E-state index in [1.165, 1.54) is 12.1 Å². The van der Waals surface area contributed by atoms with Crippen molar-refractivity contribution >= 4 is 5.91 Å². The normalized spacial score (nSPS) is 15.1. The average molecular weight is 303 g/mol. The fourth-order valence-corrected chi connectivity index (χ4v) is 2.70. The molecule has 0 aliphatic heterocycles. The van der Waals surface area contributed by atoms with Crippen molar-refractivity contribution in [2.75, 3.05) is 6.54 Å². The quantitative estimate of drug-likeness (QED) is 0.922. The summed E-state index contributed by atoms with van der Waals surface area (Å²) >= 11 is 0. The summed E-state index contributed by atoms with van der Waals surface area (Å²) in [4.78, 5) is 16.1. The van der Waals surface area contributed by atoms with Crippen molar-refractivity contribution < 1.29 is 13.7 Å². The number of benzene rings is 1. The van der Waals surface area contributed by atoms with Gasteiger partial charge in [-0.2, -0.15) is 4.98 Å². The van der Waals surface area contributed by atoms with Crippen molar-refractivity contribution in [3.8, 4) is 11.4 Å². The molecule has 0 radical (unpaired) electrons. The first-order valence-electron chi connectivity index (χ1n) is 7.58. The molecule has 2 aromatic rings. The van der Waals surface area contributed by atoms with Gasteiger partial charge in [-0.05, 0) is 37.1 Å². The Labute approximate surface area is 127 Å². The molecule has 0 saturated heterocycles. The fraction of sp³-hybridized carbons (Fsp3) is 0.438. The van der Waals surface area contributed by atoms with Crippen molar-refractivity contribution in [1.29, 1.82) is 0 Å². The van der Waals surface area contributed by atoms with E-state index in [1.807, 2.05) is 0 Å². The van der Waals surface area contributed by atoms with E-state index >= 15 is 0 Å². The summed E-state index contributed by atoms with van der Waals surface area (Å²) in [5.74, 6) is 0.874. The maximum Gasteiger partial charge on any atom is 0.228 e. The number of hydrogen-bond donors (Lipinski definition) is 1. The molecule has 5 nitrogen and oxygen atoms in total. The van der Waals surface area contributed by atoms with Crippen LogP contribution in [-0.2, 0) is 11.2 Å². The smallest absolute Gasteiger partial charge is 0.228 e. The average Bonchev–Trinajstić information content (AvgIpc) is 3.19. The van der Waals surface area contributed by atoms with Gasteiger partial charge in [0.25, 0.3) is 0 Å². The lowest BCUT2D eigenvalue weighted by Crippen LogP contribution is -2.30. The van der Waals surface area contributed by atoms with Gasteiger partial charge in [-0.1, -0.05) is 18.0 Å². The first-order valence-corrected chi connectivity index (χ1v) is 7.58. The van der Waals surface area contributed by atoms with E-state index in [0.717, 1.165) is 25.7 Å². The van der Waals surface area contributed by atoms with E-state index in [9.17, 15) is 9.18 Å². The zero-order valence-electron chi connectivity index (χ0n) is 12.2. The predicted molar refractivity (Wildman–Crippen MR) is 78.4 cm³/mol. The van der Waals surface area contributed by atoms with Crippen LogP contribution in [0.3, 0.4) is 0 Å². The fourth-order valence-electron chi connectivity index (χ4n) is 2.70. The first kappa shape index (κ1) is 14.7. The van der Waals surface area contributed by atoms with Gasteiger partial charge >= 0.3 is 0 Å². The number of rotatable bonds is 5. The van der Waals surface area contributed by atoms with E-state index in [4.69, 9.17) is 4.52 Å². The molecule has 1 N–H and O–H groups in total. The van der Waals surface area contributed by atoms with E-state index in [-0.39, 0.29) is 17.6 Å². The van der Waals surface area contributed by atoms with Crippen LogP contribution in [-0.4, -0.2) is 22.6 Å². The van der Waals surface area contributed by atoms with Gasteiger partial charge in [-0.3, -0.25) is 4.79 Å². The molecule has 1 aliphatic rings. The monoisotopic (exact) mass is 303 g/mol. The molecular weight excluding hydrogens is 285 g/mol. The van der Waals surface area contributed by atoms with Crippen LogP contribution in [0, 0.1) is 11.7 Å². The van der Waals surface area contributed by atoms with Crippen molar-refractivity contribution in [3.05, 3.63) is 36.0 Å². The minimum absolute atomic E-state index is 0.121. The van der Waals surface area contributed by atoms with Gasteiger partial charge in [0.05, 0.1) is 0 Å². The number of aromatic nitrogens is 2. The molecule has 116 valence electrons. The van der Waals surface area contributed by atoms with Crippen LogP contribution in [0.5, 0.6) is 0 Å². The third-order valence-electron chi connectivity index (χ3n) is 3.93. The highest BCUT2D eigenvalue weighted by Crippen LogP contribution is 2.24. The Morgan fingerprint density at radius 1 is 1.27 bits per heavy atom. The van der Waals surface area contributed by atoms with Crippen LogP contribution in [0.4, 0.5) is 4.39 Å². The molecule has 0 unspecified atom stereocenters. The summed E-state index contributed by atoms with van der Waals surface area (Å²) < 4.78 is 18.0. The van der Waals surface area contributed by atoms with Gasteiger partial charge < -0.3 is 9.84 Å². The molecule has 0 spiro atoms. The SMILES string of the molecule is O=C(NCCc1nc(-c2ccc(F)cc2)no1)C1CCCC1. The molecule has 1 aliphatic carbocycles. The second-order valence-electron chi connectivity index (χ2n) is 5.54. The zero-order chi connectivity index (χ0) is 15.4. The minimum Gasteiger partial charge on any atom is -0.355 e. The van der Waals surface area contributed by atoms with Gasteiger partial charge in [0.2, 0.25) is 17.6 Å². The molecule has 1 fully saturated rings. The predicted octanol–water partition coefficient (Wildman–Crippen LogP) is 2.72. The molecular formula is C16H18FN3O2. The minimum atomic E-state index is -0.304. The highest BCUT2D eigenvalue weighted by Gasteiger charge is 2.22. The van der Waals surface area contributed by atoms with Crippen LogP contribution in [0.2, 0.25) is 0 Å². The number of halogens is 1. The van der Waals surface area contributed by atoms with Gasteiger partial charge in [-0.25, -0.2) is 4.39 Å². The molecule has 6 heteroatoms. The Morgan fingerprint density at radius 2 is 2.00 bits per heavy atom. The Balaban J connectivity index is 1.51. The maximum atomic E-state index is 12.9. The summed E-state index contributed by atoms with van der Waals surface area (Å²) in [5.41, 5.74) is 0.700. The largest absolute Gasteiger partial charge is 0.355 e. The Kier molecular flexibility index (Phi) is 4.46. The van der Waals surface area contributed by atoms with Crippen LogP contribution in [0.25, 0.3) is 11.4 Å². The maximum absolute atomic E-state index is 12.9. The van der Waals surface area contributed by atoms with Crippen LogP contribution >= 0.6 is 0 Å². The second kappa shape index (κ2) is 6.68. The van der Waals surface area contributed by atoms with Crippen molar-refractivity contribution in [3.63, 3.8) is 0 Å². The molecule has 1 aromatic heterocycles. The van der Waals surface area contributed by atoms with Crippen LogP contribution in [0.15, 0.2) is 28.8 Å². The van der Waals surface area contributed by atoms with Crippen molar-refractivity contribution in [2.24, 2.45) is 5.92 Å². The van der Waals surface area contributed by atoms with Crippen molar-refractivity contribution in [2.45, 2.75) is 32.1 Å². The number of nitrogens with one attached hydrogen (secondary N) is 1. The lowest BCUT2D eigenvalue weighted by Gasteiger charge is -2.08. The molecule has 1 saturated carbocycles. The Hall–Kier alpha value is -2.24. The first-order chi connectivity index (χ1) is 10.7. The number of carbonyl (C=O) groups is 1. The van der Waals surface area contributed by atoms with Crippen molar-refractivity contribution in [1.82, 2.24) is 15.5 Å². The molecule has 22 heavy (non-hydrogen) atoms. The zero-order valence-corrected chi connectivity index (χ0v) is 12.2. The van der Waals surface area contributed by atoms with E-state index in [1.54, 1.807) is 12.1 Å². The summed E-state index contributed by atoms with van der Waals surface area (Å²) in [6, 6.07) is 5.91. The van der Waals surface area contributed by atoms with E-state index < -0.39 is 0 Å². The highest BCUT2D eigenvalue weighted by atomic mass is 19.1. The molecule has 1 aromatic carbocycles. The highest BCUT2D eigenvalue weighted by molar-refractivity contribution is 5.78. The molecule has 3 rings (SSSR count).